The fraction of sp³-hybridized carbons (Fsp3) is 0.765. The topological polar surface area (TPSA) is 113 Å². The van der Waals surface area contributed by atoms with E-state index in [1.54, 1.807) is 40.6 Å². The fourth-order valence-electron chi connectivity index (χ4n) is 12.2. The average molecular weight is 614 g/mol. The number of hydrogen-bond donors (Lipinski definition) is 1. The van der Waals surface area contributed by atoms with Crippen LogP contribution in [0.2, 0.25) is 0 Å². The Bertz CT molecular complexity index is 1280. The summed E-state index contributed by atoms with van der Waals surface area (Å²) >= 11 is 0. The van der Waals surface area contributed by atoms with E-state index in [2.05, 4.69) is 11.8 Å². The fourth-order valence-corrected chi connectivity index (χ4v) is 12.2. The molecule has 1 N–H and O–H groups in total. The van der Waals surface area contributed by atoms with Crippen molar-refractivity contribution in [2.75, 3.05) is 48.1 Å². The van der Waals surface area contributed by atoms with Gasteiger partial charge in [0.25, 0.3) is 0 Å². The molecule has 0 aromatic heterocycles. The van der Waals surface area contributed by atoms with Crippen LogP contribution < -0.4 is 0 Å². The summed E-state index contributed by atoms with van der Waals surface area (Å²) in [5, 5.41) is 12.0. The molecule has 5 saturated carbocycles. The van der Waals surface area contributed by atoms with Gasteiger partial charge in [-0.3, -0.25) is 9.69 Å². The number of aliphatic hydroxyl groups is 1. The monoisotopic (exact) mass is 613 g/mol. The van der Waals surface area contributed by atoms with Gasteiger partial charge in [0, 0.05) is 95.3 Å². The first-order chi connectivity index (χ1) is 21.2. The van der Waals surface area contributed by atoms with Crippen molar-refractivity contribution >= 4 is 11.9 Å². The van der Waals surface area contributed by atoms with E-state index in [1.165, 1.54) is 6.92 Å². The zero-order chi connectivity index (χ0) is 31.2. The summed E-state index contributed by atoms with van der Waals surface area (Å²) in [4.78, 5) is 29.4. The molecule has 1 heterocycles. The van der Waals surface area contributed by atoms with Gasteiger partial charge >= 0.3 is 11.9 Å². The first-order valence-corrected chi connectivity index (χ1v) is 16.1. The van der Waals surface area contributed by atoms with Crippen molar-refractivity contribution in [3.05, 3.63) is 35.9 Å². The lowest BCUT2D eigenvalue weighted by molar-refractivity contribution is -0.297. The number of carbonyl (C=O) groups is 2. The van der Waals surface area contributed by atoms with Gasteiger partial charge in [0.1, 0.15) is 11.7 Å². The molecule has 6 fully saturated rings. The molecule has 1 spiro atoms. The predicted molar refractivity (Wildman–Crippen MR) is 158 cm³/mol. The Morgan fingerprint density at radius 2 is 1.75 bits per heavy atom. The molecule has 10 heteroatoms. The number of rotatable bonds is 9. The van der Waals surface area contributed by atoms with Gasteiger partial charge in [0.15, 0.2) is 0 Å². The number of benzene rings is 1. The second-order valence-corrected chi connectivity index (χ2v) is 14.1. The van der Waals surface area contributed by atoms with Crippen molar-refractivity contribution in [2.45, 2.75) is 75.3 Å². The number of piperidine rings is 1. The van der Waals surface area contributed by atoms with E-state index in [0.29, 0.717) is 31.6 Å². The van der Waals surface area contributed by atoms with E-state index < -0.39 is 28.6 Å². The summed E-state index contributed by atoms with van der Waals surface area (Å²) in [5.41, 5.74) is -1.61. The lowest BCUT2D eigenvalue weighted by atomic mass is 9.42. The van der Waals surface area contributed by atoms with Gasteiger partial charge in [-0.15, -0.1) is 0 Å². The number of aliphatic hydroxyl groups excluding tert-OH is 1. The normalized spacial score (nSPS) is 48.2. The molecule has 44 heavy (non-hydrogen) atoms. The Morgan fingerprint density at radius 3 is 2.36 bits per heavy atom. The van der Waals surface area contributed by atoms with E-state index >= 15 is 0 Å². The molecule has 1 aromatic rings. The second-order valence-electron chi connectivity index (χ2n) is 14.1. The molecule has 1 aromatic carbocycles. The van der Waals surface area contributed by atoms with E-state index in [4.69, 9.17) is 28.4 Å². The highest BCUT2D eigenvalue weighted by Gasteiger charge is 2.89. The largest absolute Gasteiger partial charge is 0.458 e. The summed E-state index contributed by atoms with van der Waals surface area (Å²) in [6, 6.07) is 9.02. The molecular weight excluding hydrogens is 566 g/mol. The lowest BCUT2D eigenvalue weighted by Gasteiger charge is -2.70. The zero-order valence-electron chi connectivity index (χ0n) is 26.6. The molecular formula is C34H47NO9. The SMILES string of the molecule is CCN1C[C@]2(COC)[C@H](O)C[C@H](OC)[C@]34C1[C@H]([C@H](OC)[C@H]23)[C@@]1(OC(C)=O)C[C@H](OC)[C@@H]2C[C@@H]4[C@@H]1[C@H]2OC(=O)c1ccccc1. The molecule has 10 nitrogen and oxygen atoms in total. The summed E-state index contributed by atoms with van der Waals surface area (Å²) in [6.07, 6.45) is -0.424. The predicted octanol–water partition coefficient (Wildman–Crippen LogP) is 2.56. The number of fused-ring (bicyclic) bond motifs is 2. The molecule has 7 bridgehead atoms. The standard InChI is InChI=1S/C34H47NO9/c1-7-35-16-32(17-39-3)23(37)14-24(41-5)34-21-13-20-22(40-4)15-33(44-18(2)36,26(30(34)35)28(42-6)29(32)34)25(21)27(20)43-31(38)19-11-9-8-10-12-19/h8-12,20-30,37H,7,13-17H2,1-6H3/t20-,21+,22-,23+,24-,25+,26-,27-,28-,29+,30?,32-,33+,34-/m0/s1. The van der Waals surface area contributed by atoms with Gasteiger partial charge in [-0.1, -0.05) is 25.1 Å². The first kappa shape index (κ1) is 30.6. The van der Waals surface area contributed by atoms with Crippen molar-refractivity contribution < 1.29 is 43.1 Å². The first-order valence-electron chi connectivity index (χ1n) is 16.1. The lowest BCUT2D eigenvalue weighted by Crippen LogP contribution is -2.79. The van der Waals surface area contributed by atoms with Crippen molar-refractivity contribution in [1.29, 1.82) is 0 Å². The smallest absolute Gasteiger partial charge is 0.338 e. The molecule has 1 unspecified atom stereocenters. The molecule has 1 aliphatic heterocycles. The van der Waals surface area contributed by atoms with Gasteiger partial charge in [0.05, 0.1) is 36.6 Å². The van der Waals surface area contributed by atoms with Gasteiger partial charge < -0.3 is 33.5 Å². The van der Waals surface area contributed by atoms with Crippen LogP contribution in [0.25, 0.3) is 0 Å². The van der Waals surface area contributed by atoms with Crippen LogP contribution in [0.3, 0.4) is 0 Å². The minimum atomic E-state index is -1.01. The summed E-state index contributed by atoms with van der Waals surface area (Å²) in [6.45, 7) is 5.40. The van der Waals surface area contributed by atoms with E-state index in [0.717, 1.165) is 13.0 Å². The van der Waals surface area contributed by atoms with Crippen molar-refractivity contribution in [3.63, 3.8) is 0 Å². The quantitative estimate of drug-likeness (QED) is 0.417. The molecule has 1 saturated heterocycles. The summed E-state index contributed by atoms with van der Waals surface area (Å²) in [5.74, 6) is -1.57. The Labute approximate surface area is 259 Å². The van der Waals surface area contributed by atoms with Gasteiger partial charge in [0.2, 0.25) is 0 Å². The number of carbonyl (C=O) groups excluding carboxylic acids is 2. The maximum Gasteiger partial charge on any atom is 0.338 e. The van der Waals surface area contributed by atoms with Gasteiger partial charge in [-0.25, -0.2) is 4.79 Å². The number of hydrogen-bond acceptors (Lipinski definition) is 10. The van der Waals surface area contributed by atoms with E-state index in [-0.39, 0.29) is 65.9 Å². The van der Waals surface area contributed by atoms with Crippen LogP contribution in [0.4, 0.5) is 0 Å². The number of ether oxygens (including phenoxy) is 6. The van der Waals surface area contributed by atoms with Crippen LogP contribution >= 0.6 is 0 Å². The molecule has 242 valence electrons. The maximum atomic E-state index is 13.7. The molecule has 7 rings (SSSR count). The number of nitrogens with zero attached hydrogens (tertiary/aromatic N) is 1. The van der Waals surface area contributed by atoms with Crippen LogP contribution in [-0.4, -0.2) is 112 Å². The highest BCUT2D eigenvalue weighted by molar-refractivity contribution is 5.89. The second kappa shape index (κ2) is 10.7. The Balaban J connectivity index is 1.48. The average Bonchev–Trinajstić information content (AvgIpc) is 3.44. The third-order valence-electron chi connectivity index (χ3n) is 13.0. The third kappa shape index (κ3) is 3.64. The summed E-state index contributed by atoms with van der Waals surface area (Å²) < 4.78 is 38.3. The van der Waals surface area contributed by atoms with Crippen LogP contribution in [0, 0.1) is 40.4 Å². The molecule has 0 radical (unpaired) electrons. The zero-order valence-corrected chi connectivity index (χ0v) is 26.6. The highest BCUT2D eigenvalue weighted by Crippen LogP contribution is 2.80. The Morgan fingerprint density at radius 1 is 1.00 bits per heavy atom. The third-order valence-corrected chi connectivity index (χ3v) is 13.0. The van der Waals surface area contributed by atoms with E-state index in [1.807, 2.05) is 18.2 Å². The molecule has 14 atom stereocenters. The minimum absolute atomic E-state index is 0.0367. The number of likely N-dealkylation sites (tertiary alicyclic amines) is 1. The highest BCUT2D eigenvalue weighted by atomic mass is 16.6. The van der Waals surface area contributed by atoms with Crippen molar-refractivity contribution in [1.82, 2.24) is 4.90 Å². The Kier molecular flexibility index (Phi) is 7.46. The van der Waals surface area contributed by atoms with Crippen LogP contribution in [-0.2, 0) is 33.2 Å². The Hall–Kier alpha value is -2.08. The van der Waals surface area contributed by atoms with Crippen LogP contribution in [0.1, 0.15) is 43.5 Å². The number of esters is 2. The van der Waals surface area contributed by atoms with Crippen molar-refractivity contribution in [2.24, 2.45) is 40.4 Å². The van der Waals surface area contributed by atoms with Gasteiger partial charge in [-0.2, -0.15) is 0 Å². The molecule has 0 amide bonds. The van der Waals surface area contributed by atoms with E-state index in [9.17, 15) is 14.7 Å². The maximum absolute atomic E-state index is 13.7. The molecule has 5 aliphatic carbocycles. The summed E-state index contributed by atoms with van der Waals surface area (Å²) in [7, 11) is 6.88. The van der Waals surface area contributed by atoms with Crippen molar-refractivity contribution in [3.8, 4) is 0 Å². The molecule has 6 aliphatic rings. The van der Waals surface area contributed by atoms with Crippen LogP contribution in [0.15, 0.2) is 30.3 Å². The van der Waals surface area contributed by atoms with Crippen LogP contribution in [0.5, 0.6) is 0 Å². The number of methoxy groups -OCH3 is 4. The van der Waals surface area contributed by atoms with Gasteiger partial charge in [-0.05, 0) is 31.0 Å². The minimum Gasteiger partial charge on any atom is -0.458 e.